The zero-order chi connectivity index (χ0) is 13.5. The fourth-order valence-corrected chi connectivity index (χ4v) is 2.50. The maximum atomic E-state index is 6.36. The van der Waals surface area contributed by atoms with Crippen LogP contribution in [0.25, 0.3) is 0 Å². The van der Waals surface area contributed by atoms with Crippen LogP contribution < -0.4 is 5.73 Å². The summed E-state index contributed by atoms with van der Waals surface area (Å²) in [6.07, 6.45) is 7.88. The molecule has 0 aliphatic rings. The summed E-state index contributed by atoms with van der Waals surface area (Å²) in [5.41, 5.74) is 7.49. The first kappa shape index (κ1) is 15.2. The molecule has 3 nitrogen and oxygen atoms in total. The van der Waals surface area contributed by atoms with Gasteiger partial charge in [0, 0.05) is 24.7 Å². The highest BCUT2D eigenvalue weighted by molar-refractivity contribution is 5.02. The van der Waals surface area contributed by atoms with E-state index in [1.54, 1.807) is 0 Å². The largest absolute Gasteiger partial charge is 0.327 e. The molecule has 0 aliphatic carbocycles. The summed E-state index contributed by atoms with van der Waals surface area (Å²) in [4.78, 5) is 0. The van der Waals surface area contributed by atoms with Gasteiger partial charge >= 0.3 is 0 Å². The number of nitrogens with two attached hydrogens (primary N) is 1. The van der Waals surface area contributed by atoms with Crippen LogP contribution in [0.3, 0.4) is 0 Å². The van der Waals surface area contributed by atoms with Crippen molar-refractivity contribution in [1.29, 1.82) is 0 Å². The summed E-state index contributed by atoms with van der Waals surface area (Å²) in [5, 5.41) is 4.59. The second-order valence-electron chi connectivity index (χ2n) is 5.59. The number of rotatable bonds is 8. The van der Waals surface area contributed by atoms with Crippen LogP contribution in [0.15, 0.2) is 12.3 Å². The first-order valence-corrected chi connectivity index (χ1v) is 7.38. The standard InChI is InChI=1S/C15H29N3/c1-5-7-13(8-6-2)15(16)11-14-9-10-18(17-14)12(3)4/h9-10,12-13,15H,5-8,11,16H2,1-4H3. The maximum absolute atomic E-state index is 6.36. The zero-order valence-corrected chi connectivity index (χ0v) is 12.4. The molecule has 0 fully saturated rings. The van der Waals surface area contributed by atoms with Crippen molar-refractivity contribution >= 4 is 0 Å². The summed E-state index contributed by atoms with van der Waals surface area (Å²) < 4.78 is 2.01. The molecule has 0 aliphatic heterocycles. The minimum atomic E-state index is 0.250. The lowest BCUT2D eigenvalue weighted by Crippen LogP contribution is -2.32. The molecule has 1 heterocycles. The molecular weight excluding hydrogens is 222 g/mol. The van der Waals surface area contributed by atoms with Crippen molar-refractivity contribution in [2.24, 2.45) is 11.7 Å². The van der Waals surface area contributed by atoms with E-state index in [1.165, 1.54) is 25.7 Å². The van der Waals surface area contributed by atoms with E-state index in [-0.39, 0.29) is 6.04 Å². The molecule has 0 saturated carbocycles. The maximum Gasteiger partial charge on any atom is 0.0640 e. The molecule has 0 bridgehead atoms. The van der Waals surface area contributed by atoms with Gasteiger partial charge in [-0.05, 0) is 38.7 Å². The van der Waals surface area contributed by atoms with Crippen molar-refractivity contribution in [3.63, 3.8) is 0 Å². The Balaban J connectivity index is 2.57. The number of hydrogen-bond acceptors (Lipinski definition) is 2. The Kier molecular flexibility index (Phi) is 6.41. The highest BCUT2D eigenvalue weighted by atomic mass is 15.3. The van der Waals surface area contributed by atoms with Gasteiger partial charge in [-0.1, -0.05) is 26.7 Å². The minimum absolute atomic E-state index is 0.250. The summed E-state index contributed by atoms with van der Waals surface area (Å²) in [6, 6.07) is 2.78. The molecule has 0 amide bonds. The molecule has 3 heteroatoms. The molecule has 0 spiro atoms. The molecule has 0 aromatic carbocycles. The fraction of sp³-hybridized carbons (Fsp3) is 0.800. The smallest absolute Gasteiger partial charge is 0.0640 e. The average Bonchev–Trinajstić information content (AvgIpc) is 2.77. The van der Waals surface area contributed by atoms with E-state index in [0.29, 0.717) is 12.0 Å². The third-order valence-electron chi connectivity index (χ3n) is 3.56. The van der Waals surface area contributed by atoms with Gasteiger partial charge < -0.3 is 5.73 Å². The first-order valence-electron chi connectivity index (χ1n) is 7.38. The molecule has 1 unspecified atom stereocenters. The molecule has 1 atom stereocenters. The van der Waals surface area contributed by atoms with Crippen LogP contribution in [-0.2, 0) is 6.42 Å². The molecule has 2 N–H and O–H groups in total. The van der Waals surface area contributed by atoms with Crippen molar-refractivity contribution < 1.29 is 0 Å². The van der Waals surface area contributed by atoms with Gasteiger partial charge in [-0.3, -0.25) is 4.68 Å². The van der Waals surface area contributed by atoms with E-state index in [0.717, 1.165) is 12.1 Å². The molecular formula is C15H29N3. The van der Waals surface area contributed by atoms with E-state index in [4.69, 9.17) is 5.73 Å². The zero-order valence-electron chi connectivity index (χ0n) is 12.4. The minimum Gasteiger partial charge on any atom is -0.327 e. The van der Waals surface area contributed by atoms with E-state index < -0.39 is 0 Å². The van der Waals surface area contributed by atoms with E-state index >= 15 is 0 Å². The summed E-state index contributed by atoms with van der Waals surface area (Å²) in [5.74, 6) is 0.643. The van der Waals surface area contributed by atoms with E-state index in [1.807, 2.05) is 4.68 Å². The van der Waals surface area contributed by atoms with Crippen LogP contribution in [0.5, 0.6) is 0 Å². The highest BCUT2D eigenvalue weighted by Gasteiger charge is 2.17. The number of aromatic nitrogens is 2. The van der Waals surface area contributed by atoms with Gasteiger partial charge in [0.05, 0.1) is 5.69 Å². The normalized spacial score (nSPS) is 13.5. The van der Waals surface area contributed by atoms with E-state index in [2.05, 4.69) is 45.1 Å². The van der Waals surface area contributed by atoms with Gasteiger partial charge in [0.2, 0.25) is 0 Å². The summed E-state index contributed by atoms with van der Waals surface area (Å²) in [7, 11) is 0. The molecule has 1 aromatic rings. The van der Waals surface area contributed by atoms with Crippen LogP contribution in [0.1, 0.15) is 65.1 Å². The third kappa shape index (κ3) is 4.45. The van der Waals surface area contributed by atoms with Crippen molar-refractivity contribution in [2.45, 2.75) is 71.9 Å². The van der Waals surface area contributed by atoms with Crippen LogP contribution in [0, 0.1) is 5.92 Å². The molecule has 1 rings (SSSR count). The molecule has 18 heavy (non-hydrogen) atoms. The van der Waals surface area contributed by atoms with Crippen LogP contribution in [0.2, 0.25) is 0 Å². The highest BCUT2D eigenvalue weighted by Crippen LogP contribution is 2.19. The van der Waals surface area contributed by atoms with Crippen molar-refractivity contribution in [2.75, 3.05) is 0 Å². The number of hydrogen-bond donors (Lipinski definition) is 1. The predicted octanol–water partition coefficient (Wildman–Crippen LogP) is 3.55. The second kappa shape index (κ2) is 7.57. The van der Waals surface area contributed by atoms with Crippen molar-refractivity contribution in [1.82, 2.24) is 9.78 Å². The van der Waals surface area contributed by atoms with Gasteiger partial charge in [0.1, 0.15) is 0 Å². The van der Waals surface area contributed by atoms with Gasteiger partial charge in [-0.15, -0.1) is 0 Å². The summed E-state index contributed by atoms with van der Waals surface area (Å²) in [6.45, 7) is 8.77. The molecule has 0 radical (unpaired) electrons. The lowest BCUT2D eigenvalue weighted by atomic mass is 9.88. The average molecular weight is 251 g/mol. The quantitative estimate of drug-likeness (QED) is 0.768. The second-order valence-corrected chi connectivity index (χ2v) is 5.59. The third-order valence-corrected chi connectivity index (χ3v) is 3.56. The lowest BCUT2D eigenvalue weighted by Gasteiger charge is -2.22. The first-order chi connectivity index (χ1) is 8.58. The van der Waals surface area contributed by atoms with Gasteiger partial charge in [-0.2, -0.15) is 5.10 Å². The van der Waals surface area contributed by atoms with Gasteiger partial charge in [0.15, 0.2) is 0 Å². The fourth-order valence-electron chi connectivity index (χ4n) is 2.50. The predicted molar refractivity (Wildman–Crippen MR) is 77.6 cm³/mol. The van der Waals surface area contributed by atoms with Crippen LogP contribution >= 0.6 is 0 Å². The van der Waals surface area contributed by atoms with Crippen LogP contribution in [-0.4, -0.2) is 15.8 Å². The van der Waals surface area contributed by atoms with Crippen molar-refractivity contribution in [3.05, 3.63) is 18.0 Å². The Morgan fingerprint density at radius 2 is 1.83 bits per heavy atom. The number of nitrogens with zero attached hydrogens (tertiary/aromatic N) is 2. The summed E-state index contributed by atoms with van der Waals surface area (Å²) >= 11 is 0. The Labute approximate surface area is 112 Å². The SMILES string of the molecule is CCCC(CCC)C(N)Cc1ccn(C(C)C)n1. The van der Waals surface area contributed by atoms with Gasteiger partial charge in [0.25, 0.3) is 0 Å². The Bertz CT molecular complexity index is 324. The monoisotopic (exact) mass is 251 g/mol. The topological polar surface area (TPSA) is 43.8 Å². The molecule has 0 saturated heterocycles. The van der Waals surface area contributed by atoms with Crippen LogP contribution in [0.4, 0.5) is 0 Å². The van der Waals surface area contributed by atoms with E-state index in [9.17, 15) is 0 Å². The van der Waals surface area contributed by atoms with Crippen molar-refractivity contribution in [3.8, 4) is 0 Å². The van der Waals surface area contributed by atoms with Gasteiger partial charge in [-0.25, -0.2) is 0 Å². The lowest BCUT2D eigenvalue weighted by molar-refractivity contribution is 0.357. The Morgan fingerprint density at radius 1 is 1.22 bits per heavy atom. The molecule has 104 valence electrons. The molecule has 1 aromatic heterocycles. The Morgan fingerprint density at radius 3 is 2.28 bits per heavy atom. The Hall–Kier alpha value is -0.830.